The Morgan fingerprint density at radius 2 is 1.61 bits per heavy atom. The molecule has 2 atom stereocenters. The number of esters is 1. The van der Waals surface area contributed by atoms with Gasteiger partial charge in [-0.1, -0.05) is 58.0 Å². The highest BCUT2D eigenvalue weighted by Gasteiger charge is 2.24. The van der Waals surface area contributed by atoms with Crippen molar-refractivity contribution in [2.24, 2.45) is 0 Å². The number of alkyl halides is 1. The van der Waals surface area contributed by atoms with E-state index in [1.165, 1.54) is 12.5 Å². The molecule has 0 N–H and O–H groups in total. The van der Waals surface area contributed by atoms with Gasteiger partial charge in [0, 0.05) is 18.9 Å². The second kappa shape index (κ2) is 15.6. The molecule has 0 aliphatic heterocycles. The predicted molar refractivity (Wildman–Crippen MR) is 152 cm³/mol. The van der Waals surface area contributed by atoms with Crippen molar-refractivity contribution in [3.8, 4) is 11.5 Å². The molecule has 210 valence electrons. The summed E-state index contributed by atoms with van der Waals surface area (Å²) in [5.41, 5.74) is 3.12. The average molecular weight is 547 g/mol. The van der Waals surface area contributed by atoms with Crippen molar-refractivity contribution in [3.05, 3.63) is 71.5 Å². The standard InChI is InChI=1S/C31H43ClO6/c1-8-9-16-34-19-29(38-24(5)33)21-35-27-13-10-25(11-14-27)31(6,7)26-12-15-30(23(4)17-26)36-20-28(18-32)37-22(2)3/h10-15,17,28-29H,2,8-9,16,18-21H2,1,3-7H3/t28-,29-/m1/s1. The van der Waals surface area contributed by atoms with Gasteiger partial charge in [-0.05, 0) is 55.2 Å². The lowest BCUT2D eigenvalue weighted by Crippen LogP contribution is -2.29. The largest absolute Gasteiger partial charge is 0.491 e. The van der Waals surface area contributed by atoms with Gasteiger partial charge in [-0.15, -0.1) is 11.6 Å². The summed E-state index contributed by atoms with van der Waals surface area (Å²) in [6, 6.07) is 14.2. The van der Waals surface area contributed by atoms with E-state index in [9.17, 15) is 4.79 Å². The highest BCUT2D eigenvalue weighted by Crippen LogP contribution is 2.35. The van der Waals surface area contributed by atoms with Crippen LogP contribution in [0.2, 0.25) is 0 Å². The van der Waals surface area contributed by atoms with Gasteiger partial charge in [-0.25, -0.2) is 0 Å². The van der Waals surface area contributed by atoms with Crippen LogP contribution in [0.25, 0.3) is 0 Å². The summed E-state index contributed by atoms with van der Waals surface area (Å²) in [7, 11) is 0. The molecule has 0 fully saturated rings. The predicted octanol–water partition coefficient (Wildman–Crippen LogP) is 6.98. The molecule has 2 aromatic carbocycles. The van der Waals surface area contributed by atoms with Gasteiger partial charge in [0.15, 0.2) is 6.10 Å². The van der Waals surface area contributed by atoms with Crippen LogP contribution in [0.5, 0.6) is 11.5 Å². The average Bonchev–Trinajstić information content (AvgIpc) is 2.87. The van der Waals surface area contributed by atoms with Gasteiger partial charge in [-0.3, -0.25) is 4.79 Å². The molecule has 0 spiro atoms. The maximum Gasteiger partial charge on any atom is 0.303 e. The van der Waals surface area contributed by atoms with Gasteiger partial charge in [0.25, 0.3) is 0 Å². The van der Waals surface area contributed by atoms with Gasteiger partial charge in [0.1, 0.15) is 30.8 Å². The Kier molecular flexibility index (Phi) is 13.0. The van der Waals surface area contributed by atoms with Crippen LogP contribution in [0.4, 0.5) is 0 Å². The van der Waals surface area contributed by atoms with Gasteiger partial charge in [0.2, 0.25) is 0 Å². The molecule has 0 saturated carbocycles. The molecular weight excluding hydrogens is 504 g/mol. The monoisotopic (exact) mass is 546 g/mol. The summed E-state index contributed by atoms with van der Waals surface area (Å²) in [6.07, 6.45) is 1.33. The molecule has 0 radical (unpaired) electrons. The summed E-state index contributed by atoms with van der Waals surface area (Å²) >= 11 is 5.99. The molecular formula is C31H43ClO6. The molecule has 38 heavy (non-hydrogen) atoms. The number of carbonyl (C=O) groups is 1. The van der Waals surface area contributed by atoms with Gasteiger partial charge in [-0.2, -0.15) is 0 Å². The molecule has 0 unspecified atom stereocenters. The SMILES string of the molecule is C=C(C)O[C@H](CCl)COc1ccc(C(C)(C)c2ccc(OC[C@@H](COCCCC)OC(C)=O)cc2)cc1C. The summed E-state index contributed by atoms with van der Waals surface area (Å²) in [4.78, 5) is 11.5. The minimum atomic E-state index is -0.448. The van der Waals surface area contributed by atoms with Crippen molar-refractivity contribution in [2.45, 2.75) is 72.0 Å². The van der Waals surface area contributed by atoms with E-state index < -0.39 is 6.10 Å². The van der Waals surface area contributed by atoms with Crippen molar-refractivity contribution in [1.82, 2.24) is 0 Å². The van der Waals surface area contributed by atoms with E-state index in [1.807, 2.05) is 25.1 Å². The Balaban J connectivity index is 2.02. The van der Waals surface area contributed by atoms with E-state index in [1.54, 1.807) is 6.92 Å². The quantitative estimate of drug-likeness (QED) is 0.0922. The van der Waals surface area contributed by atoms with Crippen LogP contribution in [0.15, 0.2) is 54.8 Å². The number of allylic oxidation sites excluding steroid dienone is 1. The molecule has 0 aliphatic rings. The second-order valence-electron chi connectivity index (χ2n) is 10.0. The maximum absolute atomic E-state index is 11.5. The van der Waals surface area contributed by atoms with Crippen molar-refractivity contribution >= 4 is 17.6 Å². The minimum absolute atomic E-state index is 0.233. The third kappa shape index (κ3) is 10.2. The molecule has 0 amide bonds. The van der Waals surface area contributed by atoms with Gasteiger partial charge >= 0.3 is 5.97 Å². The fourth-order valence-electron chi connectivity index (χ4n) is 3.91. The number of unbranched alkanes of at least 4 members (excludes halogenated alkanes) is 1. The third-order valence-electron chi connectivity index (χ3n) is 6.15. The Labute approximate surface area is 233 Å². The number of ether oxygens (including phenoxy) is 5. The third-order valence-corrected chi connectivity index (χ3v) is 6.50. The lowest BCUT2D eigenvalue weighted by molar-refractivity contribution is -0.151. The van der Waals surface area contributed by atoms with E-state index >= 15 is 0 Å². The molecule has 6 nitrogen and oxygen atoms in total. The zero-order valence-corrected chi connectivity index (χ0v) is 24.4. The van der Waals surface area contributed by atoms with E-state index in [0.717, 1.165) is 29.7 Å². The fourth-order valence-corrected chi connectivity index (χ4v) is 4.07. The molecule has 7 heteroatoms. The van der Waals surface area contributed by atoms with E-state index in [-0.39, 0.29) is 24.1 Å². The van der Waals surface area contributed by atoms with Gasteiger partial charge in [0.05, 0.1) is 18.2 Å². The van der Waals surface area contributed by atoms with Crippen LogP contribution in [-0.2, 0) is 24.4 Å². The number of rotatable bonds is 17. The first-order valence-corrected chi connectivity index (χ1v) is 13.7. The molecule has 0 aromatic heterocycles. The van der Waals surface area contributed by atoms with Crippen molar-refractivity contribution in [1.29, 1.82) is 0 Å². The van der Waals surface area contributed by atoms with Crippen LogP contribution < -0.4 is 9.47 Å². The van der Waals surface area contributed by atoms with Crippen molar-refractivity contribution in [2.75, 3.05) is 32.3 Å². The molecule has 0 aliphatic carbocycles. The first kappa shape index (κ1) is 31.5. The van der Waals surface area contributed by atoms with Crippen LogP contribution in [0, 0.1) is 6.92 Å². The zero-order valence-electron chi connectivity index (χ0n) is 23.7. The van der Waals surface area contributed by atoms with E-state index in [2.05, 4.69) is 51.6 Å². The topological polar surface area (TPSA) is 63.2 Å². The number of hydrogen-bond donors (Lipinski definition) is 0. The number of aryl methyl sites for hydroxylation is 1. The molecule has 0 bridgehead atoms. The summed E-state index contributed by atoms with van der Waals surface area (Å²) in [5.74, 6) is 2.11. The Bertz CT molecular complexity index is 1020. The number of hydrogen-bond acceptors (Lipinski definition) is 6. The van der Waals surface area contributed by atoms with E-state index in [0.29, 0.717) is 37.2 Å². The normalized spacial score (nSPS) is 12.9. The smallest absolute Gasteiger partial charge is 0.303 e. The van der Waals surface area contributed by atoms with E-state index in [4.69, 9.17) is 35.3 Å². The number of halogens is 1. The number of carbonyl (C=O) groups excluding carboxylic acids is 1. The number of benzene rings is 2. The van der Waals surface area contributed by atoms with Crippen LogP contribution in [0.3, 0.4) is 0 Å². The highest BCUT2D eigenvalue weighted by molar-refractivity contribution is 6.18. The summed E-state index contributed by atoms with van der Waals surface area (Å²) in [6.45, 7) is 17.0. The van der Waals surface area contributed by atoms with Crippen LogP contribution in [0.1, 0.15) is 64.2 Å². The molecule has 0 saturated heterocycles. The lowest BCUT2D eigenvalue weighted by Gasteiger charge is -2.27. The Hall–Kier alpha value is -2.70. The van der Waals surface area contributed by atoms with Crippen molar-refractivity contribution in [3.63, 3.8) is 0 Å². The maximum atomic E-state index is 11.5. The summed E-state index contributed by atoms with van der Waals surface area (Å²) in [5, 5.41) is 0. The minimum Gasteiger partial charge on any atom is -0.491 e. The molecule has 2 rings (SSSR count). The zero-order chi connectivity index (χ0) is 28.1. The second-order valence-corrected chi connectivity index (χ2v) is 10.3. The Morgan fingerprint density at radius 1 is 0.947 bits per heavy atom. The van der Waals surface area contributed by atoms with Crippen LogP contribution >= 0.6 is 11.6 Å². The fraction of sp³-hybridized carbons (Fsp3) is 0.516. The van der Waals surface area contributed by atoms with Gasteiger partial charge < -0.3 is 23.7 Å². The van der Waals surface area contributed by atoms with Crippen LogP contribution in [-0.4, -0.2) is 50.5 Å². The Morgan fingerprint density at radius 3 is 2.18 bits per heavy atom. The summed E-state index contributed by atoms with van der Waals surface area (Å²) < 4.78 is 28.5. The molecule has 0 heterocycles. The lowest BCUT2D eigenvalue weighted by atomic mass is 9.77. The first-order chi connectivity index (χ1) is 18.1. The molecule has 2 aromatic rings. The highest BCUT2D eigenvalue weighted by atomic mass is 35.5. The first-order valence-electron chi connectivity index (χ1n) is 13.2. The van der Waals surface area contributed by atoms with Crippen molar-refractivity contribution < 1.29 is 28.5 Å².